The van der Waals surface area contributed by atoms with Gasteiger partial charge in [-0.2, -0.15) is 0 Å². The van der Waals surface area contributed by atoms with E-state index in [0.717, 1.165) is 16.9 Å². The number of hydrogen-bond donors (Lipinski definition) is 1. The van der Waals surface area contributed by atoms with E-state index in [1.807, 2.05) is 38.4 Å². The Kier molecular flexibility index (Phi) is 7.73. The predicted molar refractivity (Wildman–Crippen MR) is 112 cm³/mol. The van der Waals surface area contributed by atoms with E-state index in [1.54, 1.807) is 11.8 Å². The van der Waals surface area contributed by atoms with Crippen molar-refractivity contribution in [2.45, 2.75) is 43.4 Å². The number of amides is 1. The summed E-state index contributed by atoms with van der Waals surface area (Å²) in [4.78, 5) is 15.9. The summed E-state index contributed by atoms with van der Waals surface area (Å²) in [5.41, 5.74) is 3.30. The molecule has 0 aliphatic heterocycles. The van der Waals surface area contributed by atoms with Crippen molar-refractivity contribution >= 4 is 17.7 Å². The molecule has 140 valence electrons. The van der Waals surface area contributed by atoms with Gasteiger partial charge < -0.3 is 10.2 Å². The molecule has 0 fully saturated rings. The Morgan fingerprint density at radius 3 is 2.31 bits per heavy atom. The molecule has 4 heteroatoms. The Hall–Kier alpha value is -1.78. The molecule has 0 spiro atoms. The van der Waals surface area contributed by atoms with Crippen LogP contribution in [0.2, 0.25) is 0 Å². The van der Waals surface area contributed by atoms with E-state index >= 15 is 0 Å². The number of benzene rings is 2. The number of hydrogen-bond acceptors (Lipinski definition) is 3. The highest BCUT2D eigenvalue weighted by atomic mass is 32.2. The third-order valence-electron chi connectivity index (χ3n) is 4.35. The van der Waals surface area contributed by atoms with E-state index in [2.05, 4.69) is 55.3 Å². The molecule has 0 saturated carbocycles. The number of rotatable bonds is 8. The van der Waals surface area contributed by atoms with E-state index < -0.39 is 0 Å². The number of nitrogens with zero attached hydrogens (tertiary/aromatic N) is 1. The molecule has 2 aromatic carbocycles. The van der Waals surface area contributed by atoms with Gasteiger partial charge in [-0.25, -0.2) is 0 Å². The lowest BCUT2D eigenvalue weighted by Crippen LogP contribution is -2.34. The second-order valence-corrected chi connectivity index (χ2v) is 8.57. The third kappa shape index (κ3) is 5.61. The molecule has 1 atom stereocenters. The molecule has 1 N–H and O–H groups in total. The van der Waals surface area contributed by atoms with Crippen LogP contribution < -0.4 is 5.32 Å². The highest BCUT2D eigenvalue weighted by Gasteiger charge is 2.17. The van der Waals surface area contributed by atoms with Gasteiger partial charge in [0.1, 0.15) is 0 Å². The molecule has 0 bridgehead atoms. The van der Waals surface area contributed by atoms with Crippen LogP contribution in [-0.2, 0) is 6.42 Å². The van der Waals surface area contributed by atoms with Crippen LogP contribution >= 0.6 is 11.8 Å². The quantitative estimate of drug-likeness (QED) is 0.679. The van der Waals surface area contributed by atoms with Crippen LogP contribution in [0, 0.1) is 0 Å². The molecule has 1 amide bonds. The van der Waals surface area contributed by atoms with Crippen molar-refractivity contribution in [2.24, 2.45) is 0 Å². The zero-order valence-electron chi connectivity index (χ0n) is 16.5. The van der Waals surface area contributed by atoms with Gasteiger partial charge in [0.25, 0.3) is 5.91 Å². The lowest BCUT2D eigenvalue weighted by atomic mass is 10.0. The van der Waals surface area contributed by atoms with Gasteiger partial charge in [0, 0.05) is 16.7 Å². The summed E-state index contributed by atoms with van der Waals surface area (Å²) in [6.45, 7) is 7.02. The molecule has 2 aromatic rings. The van der Waals surface area contributed by atoms with Crippen LogP contribution in [0.4, 0.5) is 0 Å². The fourth-order valence-electron chi connectivity index (χ4n) is 2.87. The number of carbonyl (C=O) groups is 1. The molecule has 0 aliphatic carbocycles. The predicted octanol–water partition coefficient (Wildman–Crippen LogP) is 4.78. The van der Waals surface area contributed by atoms with Crippen molar-refractivity contribution in [3.63, 3.8) is 0 Å². The van der Waals surface area contributed by atoms with Crippen molar-refractivity contribution in [3.05, 3.63) is 65.2 Å². The van der Waals surface area contributed by atoms with E-state index in [4.69, 9.17) is 0 Å². The largest absolute Gasteiger partial charge is 0.350 e. The second kappa shape index (κ2) is 9.79. The highest BCUT2D eigenvalue weighted by molar-refractivity contribution is 8.00. The van der Waals surface area contributed by atoms with Crippen LogP contribution in [0.5, 0.6) is 0 Å². The normalized spacial score (nSPS) is 12.4. The van der Waals surface area contributed by atoms with E-state index in [-0.39, 0.29) is 11.9 Å². The molecule has 0 saturated heterocycles. The fourth-order valence-corrected chi connectivity index (χ4v) is 3.82. The van der Waals surface area contributed by atoms with Gasteiger partial charge in [0.15, 0.2) is 0 Å². The minimum Gasteiger partial charge on any atom is -0.350 e. The molecular weight excluding hydrogens is 340 g/mol. The minimum atomic E-state index is -0.00854. The second-order valence-electron chi connectivity index (χ2n) is 6.95. The SMILES string of the molecule is CCc1ccc(C(CNC(=O)c2ccccc2SC(C)C)N(C)C)cc1. The van der Waals surface area contributed by atoms with E-state index in [9.17, 15) is 4.79 Å². The maximum atomic E-state index is 12.8. The lowest BCUT2D eigenvalue weighted by Gasteiger charge is -2.25. The molecule has 0 radical (unpaired) electrons. The first-order chi connectivity index (χ1) is 12.4. The van der Waals surface area contributed by atoms with Crippen molar-refractivity contribution < 1.29 is 4.79 Å². The molecule has 0 heterocycles. The fraction of sp³-hybridized carbons (Fsp3) is 0.409. The summed E-state index contributed by atoms with van der Waals surface area (Å²) < 4.78 is 0. The van der Waals surface area contributed by atoms with Crippen molar-refractivity contribution in [2.75, 3.05) is 20.6 Å². The summed E-state index contributed by atoms with van der Waals surface area (Å²) in [6.07, 6.45) is 1.04. The summed E-state index contributed by atoms with van der Waals surface area (Å²) in [5, 5.41) is 3.57. The third-order valence-corrected chi connectivity index (χ3v) is 5.43. The first-order valence-corrected chi connectivity index (χ1v) is 10.1. The van der Waals surface area contributed by atoms with Gasteiger partial charge in [0.05, 0.1) is 11.6 Å². The average Bonchev–Trinajstić information content (AvgIpc) is 2.62. The zero-order valence-corrected chi connectivity index (χ0v) is 17.3. The Morgan fingerprint density at radius 2 is 1.73 bits per heavy atom. The molecule has 0 aliphatic rings. The summed E-state index contributed by atoms with van der Waals surface area (Å²) >= 11 is 1.72. The maximum Gasteiger partial charge on any atom is 0.252 e. The summed E-state index contributed by atoms with van der Waals surface area (Å²) in [6, 6.07) is 16.6. The van der Waals surface area contributed by atoms with E-state index in [0.29, 0.717) is 11.8 Å². The number of carbonyl (C=O) groups excluding carboxylic acids is 1. The Balaban J connectivity index is 2.10. The van der Waals surface area contributed by atoms with Crippen LogP contribution in [-0.4, -0.2) is 36.7 Å². The summed E-state index contributed by atoms with van der Waals surface area (Å²) in [7, 11) is 4.10. The Morgan fingerprint density at radius 1 is 1.08 bits per heavy atom. The van der Waals surface area contributed by atoms with Crippen molar-refractivity contribution in [1.29, 1.82) is 0 Å². The standard InChI is InChI=1S/C22H30N2OS/c1-6-17-11-13-18(14-12-17)20(24(4)5)15-23-22(25)19-9-7-8-10-21(19)26-16(2)3/h7-14,16,20H,6,15H2,1-5H3,(H,23,25). The lowest BCUT2D eigenvalue weighted by molar-refractivity contribution is 0.0939. The van der Waals surface area contributed by atoms with Gasteiger partial charge in [-0.1, -0.05) is 57.2 Å². The smallest absolute Gasteiger partial charge is 0.252 e. The monoisotopic (exact) mass is 370 g/mol. The van der Waals surface area contributed by atoms with Crippen molar-refractivity contribution in [3.8, 4) is 0 Å². The number of thioether (sulfide) groups is 1. The van der Waals surface area contributed by atoms with Crippen LogP contribution in [0.3, 0.4) is 0 Å². The average molecular weight is 371 g/mol. The molecular formula is C22H30N2OS. The molecule has 3 nitrogen and oxygen atoms in total. The van der Waals surface area contributed by atoms with Crippen LogP contribution in [0.15, 0.2) is 53.4 Å². The molecule has 0 aromatic heterocycles. The highest BCUT2D eigenvalue weighted by Crippen LogP contribution is 2.26. The van der Waals surface area contributed by atoms with Gasteiger partial charge in [-0.05, 0) is 43.8 Å². The van der Waals surface area contributed by atoms with Crippen LogP contribution in [0.25, 0.3) is 0 Å². The number of nitrogens with one attached hydrogen (secondary N) is 1. The molecule has 2 rings (SSSR count). The first-order valence-electron chi connectivity index (χ1n) is 9.21. The molecule has 1 unspecified atom stereocenters. The van der Waals surface area contributed by atoms with Crippen LogP contribution in [0.1, 0.15) is 48.3 Å². The number of likely N-dealkylation sites (N-methyl/N-ethyl adjacent to an activating group) is 1. The number of aryl methyl sites for hydroxylation is 1. The van der Waals surface area contributed by atoms with E-state index in [1.165, 1.54) is 11.1 Å². The summed E-state index contributed by atoms with van der Waals surface area (Å²) in [5.74, 6) is -0.00854. The maximum absolute atomic E-state index is 12.8. The topological polar surface area (TPSA) is 32.3 Å². The van der Waals surface area contributed by atoms with Crippen molar-refractivity contribution in [1.82, 2.24) is 10.2 Å². The Bertz CT molecular complexity index is 710. The van der Waals surface area contributed by atoms with Gasteiger partial charge in [-0.15, -0.1) is 11.8 Å². The van der Waals surface area contributed by atoms with Gasteiger partial charge >= 0.3 is 0 Å². The van der Waals surface area contributed by atoms with Gasteiger partial charge in [0.2, 0.25) is 0 Å². The minimum absolute atomic E-state index is 0.00854. The Labute approximate surface area is 162 Å². The molecule has 26 heavy (non-hydrogen) atoms. The zero-order chi connectivity index (χ0) is 19.1. The first kappa shape index (κ1) is 20.5. The van der Waals surface area contributed by atoms with Gasteiger partial charge in [-0.3, -0.25) is 4.79 Å².